The Kier molecular flexibility index (Phi) is 7.66. The summed E-state index contributed by atoms with van der Waals surface area (Å²) in [5, 5.41) is 13.5. The standard InChI is InChI=1S/C24H35N3O6Si/c1-7-17-18(28)19(33-34(5,6)24(2,3)4)22(32-17)27-14-16(21(30)26-23(27)31)20(29)25-13-15-11-9-8-10-12-15/h8-12,14,17-19,22,28H,7,13H2,1-6H3,(H,25,29)(H,26,30,31)/t17-,18?,19+,22-/m1/s1. The van der Waals surface area contributed by atoms with Crippen LogP contribution in [0.1, 0.15) is 56.3 Å². The Bertz CT molecular complexity index is 1120. The Hall–Kier alpha value is -2.53. The number of aliphatic hydroxyl groups excluding tert-OH is 1. The second kappa shape index (κ2) is 9.99. The number of aromatic nitrogens is 2. The third kappa shape index (κ3) is 5.41. The fourth-order valence-electron chi connectivity index (χ4n) is 3.63. The highest BCUT2D eigenvalue weighted by molar-refractivity contribution is 6.74. The highest BCUT2D eigenvalue weighted by Crippen LogP contribution is 2.41. The van der Waals surface area contributed by atoms with Crippen molar-refractivity contribution in [1.29, 1.82) is 0 Å². The summed E-state index contributed by atoms with van der Waals surface area (Å²) in [6, 6.07) is 9.28. The van der Waals surface area contributed by atoms with Crippen LogP contribution in [0.15, 0.2) is 46.1 Å². The molecule has 3 N–H and O–H groups in total. The van der Waals surface area contributed by atoms with Crippen molar-refractivity contribution >= 4 is 14.2 Å². The molecular formula is C24H35N3O6Si. The van der Waals surface area contributed by atoms with Gasteiger partial charge in [-0.05, 0) is 30.1 Å². The largest absolute Gasteiger partial charge is 0.407 e. The quantitative estimate of drug-likeness (QED) is 0.514. The minimum Gasteiger partial charge on any atom is -0.407 e. The van der Waals surface area contributed by atoms with Gasteiger partial charge >= 0.3 is 5.69 Å². The molecule has 186 valence electrons. The number of benzene rings is 1. The molecule has 0 radical (unpaired) electrons. The van der Waals surface area contributed by atoms with Crippen LogP contribution in [-0.4, -0.2) is 47.2 Å². The first-order valence-electron chi connectivity index (χ1n) is 11.5. The third-order valence-corrected chi connectivity index (χ3v) is 11.2. The molecule has 10 heteroatoms. The van der Waals surface area contributed by atoms with E-state index in [9.17, 15) is 19.5 Å². The zero-order valence-corrected chi connectivity index (χ0v) is 21.6. The van der Waals surface area contributed by atoms with Crippen LogP contribution in [0.5, 0.6) is 0 Å². The molecule has 1 saturated heterocycles. The van der Waals surface area contributed by atoms with Crippen LogP contribution >= 0.6 is 0 Å². The maximum absolute atomic E-state index is 12.8. The molecule has 1 aliphatic rings. The number of carbonyl (C=O) groups is 1. The van der Waals surface area contributed by atoms with Gasteiger partial charge in [0.1, 0.15) is 17.8 Å². The Balaban J connectivity index is 1.94. The molecule has 1 fully saturated rings. The third-order valence-electron chi connectivity index (χ3n) is 6.73. The van der Waals surface area contributed by atoms with E-state index in [0.717, 1.165) is 10.1 Å². The first-order valence-corrected chi connectivity index (χ1v) is 14.5. The Labute approximate surface area is 200 Å². The molecule has 1 aliphatic heterocycles. The van der Waals surface area contributed by atoms with E-state index < -0.39 is 50.0 Å². The summed E-state index contributed by atoms with van der Waals surface area (Å²) in [6.45, 7) is 12.4. The number of carbonyl (C=O) groups excluding carboxylic acids is 1. The molecule has 0 spiro atoms. The lowest BCUT2D eigenvalue weighted by Gasteiger charge is -2.40. The van der Waals surface area contributed by atoms with Crippen molar-refractivity contribution in [2.24, 2.45) is 0 Å². The van der Waals surface area contributed by atoms with Crippen LogP contribution in [0.25, 0.3) is 0 Å². The summed E-state index contributed by atoms with van der Waals surface area (Å²) in [4.78, 5) is 40.2. The van der Waals surface area contributed by atoms with E-state index >= 15 is 0 Å². The van der Waals surface area contributed by atoms with Crippen LogP contribution < -0.4 is 16.6 Å². The van der Waals surface area contributed by atoms with Crippen molar-refractivity contribution in [1.82, 2.24) is 14.9 Å². The van der Waals surface area contributed by atoms with Crippen molar-refractivity contribution in [3.8, 4) is 0 Å². The molecule has 0 saturated carbocycles. The zero-order chi connectivity index (χ0) is 25.3. The summed E-state index contributed by atoms with van der Waals surface area (Å²) < 4.78 is 13.6. The molecule has 4 atom stereocenters. The lowest BCUT2D eigenvalue weighted by molar-refractivity contribution is -0.0374. The second-order valence-electron chi connectivity index (χ2n) is 10.2. The van der Waals surface area contributed by atoms with Crippen molar-refractivity contribution in [2.75, 3.05) is 0 Å². The summed E-state index contributed by atoms with van der Waals surface area (Å²) in [5.41, 5.74) is -0.877. The van der Waals surface area contributed by atoms with Gasteiger partial charge < -0.3 is 19.6 Å². The SMILES string of the molecule is CC[C@H]1O[C@@H](n2cc(C(=O)NCc3ccccc3)c(=O)[nH]c2=O)[C@@H](O[Si](C)(C)C(C)(C)C)C1O. The van der Waals surface area contributed by atoms with Gasteiger partial charge in [-0.3, -0.25) is 19.1 Å². The minimum atomic E-state index is -2.35. The normalized spacial score (nSPS) is 23.1. The van der Waals surface area contributed by atoms with Gasteiger partial charge in [0.25, 0.3) is 11.5 Å². The maximum atomic E-state index is 12.8. The van der Waals surface area contributed by atoms with Gasteiger partial charge in [-0.15, -0.1) is 0 Å². The first kappa shape index (κ1) is 26.1. The van der Waals surface area contributed by atoms with Gasteiger partial charge in [-0.2, -0.15) is 0 Å². The number of aromatic amines is 1. The van der Waals surface area contributed by atoms with Gasteiger partial charge in [0.05, 0.1) is 6.10 Å². The lowest BCUT2D eigenvalue weighted by atomic mass is 10.1. The van der Waals surface area contributed by atoms with Gasteiger partial charge in [-0.25, -0.2) is 4.79 Å². The molecule has 1 aromatic carbocycles. The van der Waals surface area contributed by atoms with Crippen LogP contribution in [-0.2, 0) is 15.7 Å². The topological polar surface area (TPSA) is 123 Å². The van der Waals surface area contributed by atoms with Crippen molar-refractivity contribution in [2.45, 2.75) is 83.3 Å². The maximum Gasteiger partial charge on any atom is 0.330 e. The Morgan fingerprint density at radius 3 is 2.47 bits per heavy atom. The molecule has 2 aromatic rings. The van der Waals surface area contributed by atoms with Gasteiger partial charge in [0, 0.05) is 12.7 Å². The highest BCUT2D eigenvalue weighted by Gasteiger charge is 2.50. The first-order chi connectivity index (χ1) is 15.9. The van der Waals surface area contributed by atoms with Crippen LogP contribution in [0.3, 0.4) is 0 Å². The Morgan fingerprint density at radius 2 is 1.88 bits per heavy atom. The van der Waals surface area contributed by atoms with E-state index in [0.29, 0.717) is 6.42 Å². The van der Waals surface area contributed by atoms with E-state index in [1.165, 1.54) is 6.20 Å². The number of H-pyrrole nitrogens is 1. The van der Waals surface area contributed by atoms with E-state index in [-0.39, 0.29) is 17.1 Å². The summed E-state index contributed by atoms with van der Waals surface area (Å²) in [7, 11) is -2.35. The van der Waals surface area contributed by atoms with E-state index in [1.54, 1.807) is 0 Å². The smallest absolute Gasteiger partial charge is 0.330 e. The average Bonchev–Trinajstić information content (AvgIpc) is 3.07. The van der Waals surface area contributed by atoms with Gasteiger partial charge in [0.15, 0.2) is 14.5 Å². The summed E-state index contributed by atoms with van der Waals surface area (Å²) in [5.74, 6) is -0.619. The summed E-state index contributed by atoms with van der Waals surface area (Å²) >= 11 is 0. The molecule has 0 bridgehead atoms. The minimum absolute atomic E-state index is 0.139. The average molecular weight is 490 g/mol. The number of aliphatic hydroxyl groups is 1. The zero-order valence-electron chi connectivity index (χ0n) is 20.6. The van der Waals surface area contributed by atoms with Crippen LogP contribution in [0.2, 0.25) is 18.1 Å². The number of ether oxygens (including phenoxy) is 1. The molecule has 9 nitrogen and oxygen atoms in total. The van der Waals surface area contributed by atoms with Crippen molar-refractivity contribution in [3.05, 3.63) is 68.5 Å². The van der Waals surface area contributed by atoms with Gasteiger partial charge in [0.2, 0.25) is 0 Å². The monoisotopic (exact) mass is 489 g/mol. The molecule has 2 heterocycles. The Morgan fingerprint density at radius 1 is 1.24 bits per heavy atom. The van der Waals surface area contributed by atoms with Crippen molar-refractivity contribution < 1.29 is 19.1 Å². The number of hydrogen-bond donors (Lipinski definition) is 3. The predicted octanol–water partition coefficient (Wildman–Crippen LogP) is 2.53. The van der Waals surface area contributed by atoms with E-state index in [2.05, 4.69) is 31.1 Å². The number of rotatable bonds is 7. The second-order valence-corrected chi connectivity index (χ2v) is 14.9. The molecule has 1 unspecified atom stereocenters. The van der Waals surface area contributed by atoms with E-state index in [4.69, 9.17) is 9.16 Å². The molecule has 1 aromatic heterocycles. The van der Waals surface area contributed by atoms with Gasteiger partial charge in [-0.1, -0.05) is 58.0 Å². The fourth-order valence-corrected chi connectivity index (χ4v) is 4.92. The fraction of sp³-hybridized carbons (Fsp3) is 0.542. The van der Waals surface area contributed by atoms with Crippen LogP contribution in [0, 0.1) is 0 Å². The van der Waals surface area contributed by atoms with Crippen molar-refractivity contribution in [3.63, 3.8) is 0 Å². The lowest BCUT2D eigenvalue weighted by Crippen LogP contribution is -2.49. The van der Waals surface area contributed by atoms with E-state index in [1.807, 2.05) is 50.3 Å². The molecule has 34 heavy (non-hydrogen) atoms. The summed E-state index contributed by atoms with van der Waals surface area (Å²) in [6.07, 6.45) is -1.61. The molecular weight excluding hydrogens is 454 g/mol. The highest BCUT2D eigenvalue weighted by atomic mass is 28.4. The number of nitrogens with zero attached hydrogens (tertiary/aromatic N) is 1. The number of nitrogens with one attached hydrogen (secondary N) is 2. The van der Waals surface area contributed by atoms with Crippen LogP contribution in [0.4, 0.5) is 0 Å². The number of hydrogen-bond acceptors (Lipinski definition) is 6. The molecule has 1 amide bonds. The predicted molar refractivity (Wildman–Crippen MR) is 131 cm³/mol. The molecule has 0 aliphatic carbocycles. The molecule has 3 rings (SSSR count). The number of amides is 1.